The summed E-state index contributed by atoms with van der Waals surface area (Å²) in [6.45, 7) is 0.611. The van der Waals surface area contributed by atoms with Crippen LogP contribution in [0.5, 0.6) is 0 Å². The number of para-hydroxylation sites is 1. The number of amides is 1. The number of anilines is 1. The Kier molecular flexibility index (Phi) is 4.31. The van der Waals surface area contributed by atoms with Gasteiger partial charge in [0.25, 0.3) is 11.5 Å². The van der Waals surface area contributed by atoms with Crippen LogP contribution in [0, 0.1) is 0 Å². The summed E-state index contributed by atoms with van der Waals surface area (Å²) in [5.41, 5.74) is 2.48. The average molecular weight is 366 g/mol. The largest absolute Gasteiger partial charge is 0.307 e. The van der Waals surface area contributed by atoms with Gasteiger partial charge in [-0.3, -0.25) is 9.59 Å². The van der Waals surface area contributed by atoms with Crippen molar-refractivity contribution in [2.75, 3.05) is 11.4 Å². The number of hydrogen-bond acceptors (Lipinski definition) is 3. The summed E-state index contributed by atoms with van der Waals surface area (Å²) >= 11 is 6.07. The number of hydrogen-bond donors (Lipinski definition) is 0. The number of fused-ring (bicyclic) bond motifs is 1. The van der Waals surface area contributed by atoms with Crippen LogP contribution < -0.4 is 10.5 Å². The molecule has 5 nitrogen and oxygen atoms in total. The number of rotatable bonds is 2. The van der Waals surface area contributed by atoms with E-state index >= 15 is 0 Å². The molecule has 2 aromatic carbocycles. The standard InChI is InChI=1S/C20H16ClN3O2/c21-15-8-10-18-14(13-15)5-4-12-23(18)20(26)17-9-11-19(25)24(22-17)16-6-2-1-3-7-16/h1-3,6-11,13H,4-5,12H2. The van der Waals surface area contributed by atoms with Crippen molar-refractivity contribution in [1.29, 1.82) is 0 Å². The molecule has 26 heavy (non-hydrogen) atoms. The molecule has 0 bridgehead atoms. The van der Waals surface area contributed by atoms with E-state index in [2.05, 4.69) is 5.10 Å². The highest BCUT2D eigenvalue weighted by molar-refractivity contribution is 6.30. The summed E-state index contributed by atoms with van der Waals surface area (Å²) in [5, 5.41) is 4.96. The van der Waals surface area contributed by atoms with E-state index in [0.29, 0.717) is 17.3 Å². The fraction of sp³-hybridized carbons (Fsp3) is 0.150. The number of carbonyl (C=O) groups excluding carboxylic acids is 1. The summed E-state index contributed by atoms with van der Waals surface area (Å²) in [6, 6.07) is 17.5. The maximum atomic E-state index is 13.1. The number of benzene rings is 2. The van der Waals surface area contributed by atoms with Crippen molar-refractivity contribution in [1.82, 2.24) is 9.78 Å². The molecule has 130 valence electrons. The summed E-state index contributed by atoms with van der Waals surface area (Å²) in [7, 11) is 0. The van der Waals surface area contributed by atoms with Gasteiger partial charge in [0.1, 0.15) is 5.69 Å². The van der Waals surface area contributed by atoms with Crippen molar-refractivity contribution in [3.05, 3.63) is 87.3 Å². The lowest BCUT2D eigenvalue weighted by Crippen LogP contribution is -2.37. The van der Waals surface area contributed by atoms with Crippen molar-refractivity contribution in [3.63, 3.8) is 0 Å². The highest BCUT2D eigenvalue weighted by Crippen LogP contribution is 2.30. The van der Waals surface area contributed by atoms with Crippen LogP contribution in [-0.4, -0.2) is 22.2 Å². The molecule has 6 heteroatoms. The molecule has 1 aromatic heterocycles. The third kappa shape index (κ3) is 3.02. The molecule has 1 aliphatic rings. The monoisotopic (exact) mass is 365 g/mol. The smallest absolute Gasteiger partial charge is 0.278 e. The molecular formula is C20H16ClN3O2. The highest BCUT2D eigenvalue weighted by Gasteiger charge is 2.25. The van der Waals surface area contributed by atoms with Crippen molar-refractivity contribution in [3.8, 4) is 5.69 Å². The Morgan fingerprint density at radius 2 is 1.85 bits per heavy atom. The molecule has 0 saturated carbocycles. The predicted octanol–water partition coefficient (Wildman–Crippen LogP) is 3.48. The lowest BCUT2D eigenvalue weighted by Gasteiger charge is -2.29. The van der Waals surface area contributed by atoms with Gasteiger partial charge in [0.2, 0.25) is 0 Å². The van der Waals surface area contributed by atoms with Gasteiger partial charge in [0, 0.05) is 23.3 Å². The van der Waals surface area contributed by atoms with Gasteiger partial charge >= 0.3 is 0 Å². The normalized spacial score (nSPS) is 13.3. The average Bonchev–Trinajstić information content (AvgIpc) is 2.68. The van der Waals surface area contributed by atoms with Crippen LogP contribution in [0.4, 0.5) is 5.69 Å². The minimum atomic E-state index is -0.279. The Hall–Kier alpha value is -2.92. The summed E-state index contributed by atoms with van der Waals surface area (Å²) in [5.74, 6) is -0.224. The van der Waals surface area contributed by atoms with E-state index in [-0.39, 0.29) is 17.2 Å². The van der Waals surface area contributed by atoms with Gasteiger partial charge in [-0.1, -0.05) is 29.8 Å². The zero-order valence-electron chi connectivity index (χ0n) is 13.9. The molecule has 0 N–H and O–H groups in total. The second kappa shape index (κ2) is 6.77. The molecular weight excluding hydrogens is 350 g/mol. The van der Waals surface area contributed by atoms with Crippen molar-refractivity contribution in [2.45, 2.75) is 12.8 Å². The lowest BCUT2D eigenvalue weighted by atomic mass is 10.0. The zero-order chi connectivity index (χ0) is 18.1. The first-order chi connectivity index (χ1) is 12.6. The topological polar surface area (TPSA) is 55.2 Å². The molecule has 1 aliphatic heterocycles. The van der Waals surface area contributed by atoms with Gasteiger partial charge in [0.05, 0.1) is 5.69 Å². The van der Waals surface area contributed by atoms with Crippen molar-refractivity contribution < 1.29 is 4.79 Å². The van der Waals surface area contributed by atoms with E-state index in [4.69, 9.17) is 11.6 Å². The van der Waals surface area contributed by atoms with E-state index in [1.807, 2.05) is 30.3 Å². The van der Waals surface area contributed by atoms with Gasteiger partial charge in [-0.2, -0.15) is 9.78 Å². The van der Waals surface area contributed by atoms with Gasteiger partial charge in [-0.05, 0) is 54.8 Å². The zero-order valence-corrected chi connectivity index (χ0v) is 14.7. The van der Waals surface area contributed by atoms with E-state index < -0.39 is 0 Å². The minimum absolute atomic E-state index is 0.224. The van der Waals surface area contributed by atoms with Gasteiger partial charge in [-0.15, -0.1) is 0 Å². The molecule has 0 fully saturated rings. The number of halogens is 1. The Morgan fingerprint density at radius 1 is 1.04 bits per heavy atom. The highest BCUT2D eigenvalue weighted by atomic mass is 35.5. The molecule has 0 atom stereocenters. The molecule has 3 aromatic rings. The third-order valence-electron chi connectivity index (χ3n) is 4.43. The third-order valence-corrected chi connectivity index (χ3v) is 4.66. The molecule has 0 radical (unpaired) electrons. The number of aryl methyl sites for hydroxylation is 1. The molecule has 1 amide bonds. The van der Waals surface area contributed by atoms with E-state index in [9.17, 15) is 9.59 Å². The van der Waals surface area contributed by atoms with E-state index in [0.717, 1.165) is 24.1 Å². The Balaban J connectivity index is 1.74. The van der Waals surface area contributed by atoms with Crippen LogP contribution >= 0.6 is 11.6 Å². The lowest BCUT2D eigenvalue weighted by molar-refractivity contribution is 0.0978. The molecule has 0 unspecified atom stereocenters. The SMILES string of the molecule is O=C(c1ccc(=O)n(-c2ccccc2)n1)N1CCCc2cc(Cl)ccc21. The predicted molar refractivity (Wildman–Crippen MR) is 101 cm³/mol. The van der Waals surface area contributed by atoms with Crippen LogP contribution in [0.15, 0.2) is 65.5 Å². The number of aromatic nitrogens is 2. The maximum Gasteiger partial charge on any atom is 0.278 e. The molecule has 0 spiro atoms. The Bertz CT molecular complexity index is 1030. The van der Waals surface area contributed by atoms with Crippen LogP contribution in [-0.2, 0) is 6.42 Å². The van der Waals surface area contributed by atoms with Crippen molar-refractivity contribution in [2.24, 2.45) is 0 Å². The van der Waals surface area contributed by atoms with Crippen molar-refractivity contribution >= 4 is 23.2 Å². The van der Waals surface area contributed by atoms with E-state index in [1.165, 1.54) is 16.8 Å². The molecule has 0 saturated heterocycles. The first kappa shape index (κ1) is 16.5. The quantitative estimate of drug-likeness (QED) is 0.698. The van der Waals surface area contributed by atoms with Crippen LogP contribution in [0.25, 0.3) is 5.69 Å². The van der Waals surface area contributed by atoms with Gasteiger partial charge in [0.15, 0.2) is 0 Å². The molecule has 2 heterocycles. The first-order valence-electron chi connectivity index (χ1n) is 8.39. The van der Waals surface area contributed by atoms with Gasteiger partial charge in [-0.25, -0.2) is 0 Å². The second-order valence-corrected chi connectivity index (χ2v) is 6.57. The van der Waals surface area contributed by atoms with Crippen LogP contribution in [0.1, 0.15) is 22.5 Å². The second-order valence-electron chi connectivity index (χ2n) is 6.14. The van der Waals surface area contributed by atoms with Crippen LogP contribution in [0.3, 0.4) is 0 Å². The summed E-state index contributed by atoms with van der Waals surface area (Å²) in [6.07, 6.45) is 1.74. The first-order valence-corrected chi connectivity index (χ1v) is 8.77. The van der Waals surface area contributed by atoms with Gasteiger partial charge < -0.3 is 4.90 Å². The number of nitrogens with zero attached hydrogens (tertiary/aromatic N) is 3. The maximum absolute atomic E-state index is 13.1. The van der Waals surface area contributed by atoms with Crippen LogP contribution in [0.2, 0.25) is 5.02 Å². The Labute approximate surface area is 155 Å². The summed E-state index contributed by atoms with van der Waals surface area (Å²) < 4.78 is 1.25. The van der Waals surface area contributed by atoms with E-state index in [1.54, 1.807) is 23.1 Å². The fourth-order valence-corrected chi connectivity index (χ4v) is 3.39. The minimum Gasteiger partial charge on any atom is -0.307 e. The Morgan fingerprint density at radius 3 is 2.65 bits per heavy atom. The molecule has 4 rings (SSSR count). The number of carbonyl (C=O) groups is 1. The molecule has 0 aliphatic carbocycles. The summed E-state index contributed by atoms with van der Waals surface area (Å²) in [4.78, 5) is 26.9. The fourth-order valence-electron chi connectivity index (χ4n) is 3.19.